The second-order valence-electron chi connectivity index (χ2n) is 15.3. The molecule has 2 heterocycles. The van der Waals surface area contributed by atoms with Crippen molar-refractivity contribution in [2.45, 2.75) is 24.6 Å². The molecule has 10 aromatic carbocycles. The van der Waals surface area contributed by atoms with Crippen LogP contribution in [0.15, 0.2) is 194 Å². The molecule has 0 saturated heterocycles. The Kier molecular flexibility index (Phi) is 9.74. The van der Waals surface area contributed by atoms with Crippen LogP contribution in [0.1, 0.15) is 22.3 Å². The van der Waals surface area contributed by atoms with Gasteiger partial charge in [-0.15, -0.1) is 15.8 Å². The van der Waals surface area contributed by atoms with Gasteiger partial charge in [0.15, 0.2) is 0 Å². The van der Waals surface area contributed by atoms with E-state index in [2.05, 4.69) is 194 Å². The van der Waals surface area contributed by atoms with Crippen molar-refractivity contribution in [3.05, 3.63) is 216 Å². The van der Waals surface area contributed by atoms with Gasteiger partial charge >= 0.3 is 17.1 Å². The molecule has 0 nitrogen and oxygen atoms in total. The maximum atomic E-state index is 2.38. The van der Waals surface area contributed by atoms with Gasteiger partial charge < -0.3 is 0 Å². The maximum absolute atomic E-state index is 2.38. The summed E-state index contributed by atoms with van der Waals surface area (Å²) in [4.78, 5) is 0. The molecule has 0 bridgehead atoms. The molecule has 0 fully saturated rings. The zero-order valence-corrected chi connectivity index (χ0v) is 34.4. The van der Waals surface area contributed by atoms with Gasteiger partial charge in [-0.25, -0.2) is 12.1 Å². The van der Waals surface area contributed by atoms with E-state index >= 15 is 0 Å². The number of hydrogen-bond donors (Lipinski definition) is 0. The standard InChI is InChI=1S/2C27H20P.Fe/c2*1-5-11-24-19(7-1)13-15-21-17-28(23-9-3-4-10-23)18-22-16-14-20-8-2-6-12-25(20)27(22)26(21)24;/h2*1-16H,17-18H2;/q2*-1;+2. The molecule has 0 unspecified atom stereocenters. The average Bonchev–Trinajstić information content (AvgIpc) is 3.94. The Morgan fingerprint density at radius 2 is 0.596 bits per heavy atom. The molecule has 10 aromatic rings. The van der Waals surface area contributed by atoms with E-state index in [0.717, 1.165) is 24.6 Å². The first-order valence-electron chi connectivity index (χ1n) is 19.7. The van der Waals surface area contributed by atoms with Crippen LogP contribution >= 0.6 is 15.8 Å². The number of benzene rings is 8. The predicted molar refractivity (Wildman–Crippen MR) is 246 cm³/mol. The predicted octanol–water partition coefficient (Wildman–Crippen LogP) is 14.4. The molecule has 0 radical (unpaired) electrons. The fourth-order valence-corrected chi connectivity index (χ4v) is 14.3. The molecule has 0 saturated carbocycles. The summed E-state index contributed by atoms with van der Waals surface area (Å²) in [6.45, 7) is 0. The van der Waals surface area contributed by atoms with Crippen molar-refractivity contribution in [1.82, 2.24) is 0 Å². The van der Waals surface area contributed by atoms with Gasteiger partial charge in [-0.05, 0) is 112 Å². The third kappa shape index (κ3) is 6.49. The summed E-state index contributed by atoms with van der Waals surface area (Å²) in [6.07, 6.45) is 4.62. The molecule has 12 rings (SSSR count). The minimum atomic E-state index is -0.240. The number of fused-ring (bicyclic) bond motifs is 14. The molecule has 0 N–H and O–H groups in total. The largest absolute Gasteiger partial charge is 2.00 e. The Bertz CT molecular complexity index is 2660. The van der Waals surface area contributed by atoms with E-state index in [1.165, 1.54) is 98.2 Å². The third-order valence-corrected chi connectivity index (χ3v) is 17.0. The van der Waals surface area contributed by atoms with Crippen LogP contribution in [0.2, 0.25) is 0 Å². The van der Waals surface area contributed by atoms with Crippen LogP contribution in [0.3, 0.4) is 0 Å². The second-order valence-corrected chi connectivity index (χ2v) is 19.7. The quantitative estimate of drug-likeness (QED) is 0.0927. The first-order valence-corrected chi connectivity index (χ1v) is 23.2. The zero-order chi connectivity index (χ0) is 37.0. The van der Waals surface area contributed by atoms with Crippen LogP contribution < -0.4 is 10.6 Å². The van der Waals surface area contributed by atoms with Gasteiger partial charge in [0.1, 0.15) is 0 Å². The summed E-state index contributed by atoms with van der Waals surface area (Å²) in [7, 11) is -0.481. The van der Waals surface area contributed by atoms with Crippen molar-refractivity contribution in [2.75, 3.05) is 0 Å². The second kappa shape index (κ2) is 15.3. The van der Waals surface area contributed by atoms with Crippen LogP contribution in [0.5, 0.6) is 0 Å². The molecular weight excluding hydrogens is 766 g/mol. The van der Waals surface area contributed by atoms with Gasteiger partial charge in [0.25, 0.3) is 0 Å². The van der Waals surface area contributed by atoms with Crippen molar-refractivity contribution in [1.29, 1.82) is 0 Å². The summed E-state index contributed by atoms with van der Waals surface area (Å²) in [5, 5.41) is 13.9. The molecule has 0 aliphatic carbocycles. The van der Waals surface area contributed by atoms with Crippen molar-refractivity contribution < 1.29 is 17.1 Å². The minimum absolute atomic E-state index is 0. The van der Waals surface area contributed by atoms with Gasteiger partial charge in [0.05, 0.1) is 0 Å². The summed E-state index contributed by atoms with van der Waals surface area (Å²) in [5.74, 6) is 0. The topological polar surface area (TPSA) is 0 Å². The van der Waals surface area contributed by atoms with E-state index in [-0.39, 0.29) is 32.9 Å². The Balaban J connectivity index is 0.000000137. The monoisotopic (exact) mass is 806 g/mol. The Morgan fingerprint density at radius 3 is 0.860 bits per heavy atom. The number of hydrogen-bond acceptors (Lipinski definition) is 0. The fourth-order valence-electron chi connectivity index (χ4n) is 9.42. The number of rotatable bonds is 2. The summed E-state index contributed by atoms with van der Waals surface area (Å²) in [6, 6.07) is 72.2. The van der Waals surface area contributed by atoms with Crippen LogP contribution in [-0.4, -0.2) is 0 Å². The minimum Gasteiger partial charge on any atom is -0.206 e. The SMILES string of the molecule is [Fe+2].c1ccc2c3c(ccc2c1)CP(c1cc[cH-]c1)Cc1ccc2ccccc2c1-3.c1ccc2c3c(ccc2c1)CP(c1cc[cH-]c1)Cc1ccc2ccccc2c1-3. The van der Waals surface area contributed by atoms with Crippen molar-refractivity contribution in [2.24, 2.45) is 0 Å². The fraction of sp³-hybridized carbons (Fsp3) is 0.0741. The van der Waals surface area contributed by atoms with Gasteiger partial charge in [-0.2, -0.15) is 47.0 Å². The van der Waals surface area contributed by atoms with E-state index in [9.17, 15) is 0 Å². The smallest absolute Gasteiger partial charge is 0.206 e. The summed E-state index contributed by atoms with van der Waals surface area (Å²) < 4.78 is 0. The summed E-state index contributed by atoms with van der Waals surface area (Å²) >= 11 is 0. The first-order chi connectivity index (χ1) is 27.8. The molecular formula is C54H40FeP2. The molecule has 2 aliphatic rings. The van der Waals surface area contributed by atoms with Crippen molar-refractivity contribution in [3.8, 4) is 22.3 Å². The molecule has 2 aliphatic heterocycles. The van der Waals surface area contributed by atoms with E-state index in [4.69, 9.17) is 0 Å². The molecule has 57 heavy (non-hydrogen) atoms. The molecule has 0 spiro atoms. The van der Waals surface area contributed by atoms with Crippen LogP contribution in [0, 0.1) is 0 Å². The Hall–Kier alpha value is -5.12. The normalized spacial score (nSPS) is 13.8. The summed E-state index contributed by atoms with van der Waals surface area (Å²) in [5.41, 5.74) is 11.8. The average molecular weight is 807 g/mol. The molecule has 0 aromatic heterocycles. The zero-order valence-electron chi connectivity index (χ0n) is 31.6. The van der Waals surface area contributed by atoms with Gasteiger partial charge in [-0.3, -0.25) is 0 Å². The van der Waals surface area contributed by atoms with Crippen LogP contribution in [-0.2, 0) is 41.7 Å². The maximum Gasteiger partial charge on any atom is 2.00 e. The molecule has 0 atom stereocenters. The Morgan fingerprint density at radius 1 is 0.316 bits per heavy atom. The third-order valence-electron chi connectivity index (χ3n) is 12.0. The molecule has 3 heteroatoms. The van der Waals surface area contributed by atoms with Crippen LogP contribution in [0.4, 0.5) is 0 Å². The first kappa shape index (κ1) is 36.2. The van der Waals surface area contributed by atoms with Gasteiger partial charge in [0.2, 0.25) is 0 Å². The van der Waals surface area contributed by atoms with Gasteiger partial charge in [-0.1, -0.05) is 146 Å². The Labute approximate surface area is 347 Å². The van der Waals surface area contributed by atoms with Crippen molar-refractivity contribution >= 4 is 69.5 Å². The van der Waals surface area contributed by atoms with Gasteiger partial charge in [0, 0.05) is 0 Å². The molecule has 0 amide bonds. The van der Waals surface area contributed by atoms with E-state index < -0.39 is 0 Å². The van der Waals surface area contributed by atoms with E-state index in [0.29, 0.717) is 0 Å². The van der Waals surface area contributed by atoms with E-state index in [1.807, 2.05) is 0 Å². The van der Waals surface area contributed by atoms with Crippen molar-refractivity contribution in [3.63, 3.8) is 0 Å². The van der Waals surface area contributed by atoms with Crippen LogP contribution in [0.25, 0.3) is 65.3 Å². The molecule has 274 valence electrons. The van der Waals surface area contributed by atoms with E-state index in [1.54, 1.807) is 0 Å².